The van der Waals surface area contributed by atoms with Crippen molar-refractivity contribution in [2.24, 2.45) is 0 Å². The van der Waals surface area contributed by atoms with Gasteiger partial charge in [-0.1, -0.05) is 35.9 Å². The van der Waals surface area contributed by atoms with E-state index in [1.807, 2.05) is 6.07 Å². The Morgan fingerprint density at radius 2 is 1.70 bits per heavy atom. The second kappa shape index (κ2) is 10.6. The van der Waals surface area contributed by atoms with Gasteiger partial charge in [-0.25, -0.2) is 13.2 Å². The van der Waals surface area contributed by atoms with Crippen LogP contribution in [-0.4, -0.2) is 33.4 Å². The third-order valence-corrected chi connectivity index (χ3v) is 6.03. The number of rotatable bonds is 8. The summed E-state index contributed by atoms with van der Waals surface area (Å²) in [4.78, 5) is 26.0. The second-order valence-electron chi connectivity index (χ2n) is 6.69. The molecule has 0 aliphatic carbocycles. The molecule has 0 bridgehead atoms. The summed E-state index contributed by atoms with van der Waals surface area (Å²) in [5.41, 5.74) is 0.742. The maximum Gasteiger partial charge on any atom is 0.338 e. The van der Waals surface area contributed by atoms with Crippen LogP contribution in [0.3, 0.4) is 0 Å². The number of hydrogen-bond donors (Lipinski definition) is 1. The normalized spacial score (nSPS) is 10.7. The van der Waals surface area contributed by atoms with Crippen molar-refractivity contribution < 1.29 is 22.7 Å². The van der Waals surface area contributed by atoms with Gasteiger partial charge in [0.2, 0.25) is 0 Å². The van der Waals surface area contributed by atoms with Gasteiger partial charge in [0, 0.05) is 16.4 Å². The largest absolute Gasteiger partial charge is 0.452 e. The maximum atomic E-state index is 12.7. The molecule has 0 fully saturated rings. The van der Waals surface area contributed by atoms with Crippen molar-refractivity contribution in [1.29, 1.82) is 5.26 Å². The minimum Gasteiger partial charge on any atom is -0.452 e. The molecule has 10 heteroatoms. The lowest BCUT2D eigenvalue weighted by atomic mass is 10.2. The number of nitrogens with one attached hydrogen (secondary N) is 1. The fourth-order valence-electron chi connectivity index (χ4n) is 2.81. The molecule has 0 spiro atoms. The van der Waals surface area contributed by atoms with Crippen LogP contribution in [0.5, 0.6) is 0 Å². The molecule has 0 saturated carbocycles. The zero-order chi connectivity index (χ0) is 23.8. The Balaban J connectivity index is 1.69. The summed E-state index contributed by atoms with van der Waals surface area (Å²) in [6.45, 7) is -0.833. The van der Waals surface area contributed by atoms with E-state index in [4.69, 9.17) is 21.6 Å². The summed E-state index contributed by atoms with van der Waals surface area (Å²) in [6, 6.07) is 21.7. The number of amides is 1. The van der Waals surface area contributed by atoms with Crippen LogP contribution < -0.4 is 9.62 Å². The number of para-hydroxylation sites is 1. The summed E-state index contributed by atoms with van der Waals surface area (Å²) in [6.07, 6.45) is 0. The Morgan fingerprint density at radius 3 is 2.36 bits per heavy atom. The van der Waals surface area contributed by atoms with Crippen molar-refractivity contribution in [3.05, 3.63) is 89.4 Å². The predicted octanol–water partition coefficient (Wildman–Crippen LogP) is 3.85. The quantitative estimate of drug-likeness (QED) is 0.384. The number of sulfonamides is 1. The lowest BCUT2D eigenvalue weighted by Crippen LogP contribution is -2.35. The molecular weight excluding hydrogens is 466 g/mol. The van der Waals surface area contributed by atoms with Gasteiger partial charge in [-0.2, -0.15) is 5.26 Å². The number of carbonyl (C=O) groups excluding carboxylic acids is 2. The molecular formula is C23H18ClN3O5S. The van der Waals surface area contributed by atoms with E-state index < -0.39 is 28.5 Å². The van der Waals surface area contributed by atoms with Gasteiger partial charge in [0.25, 0.3) is 15.9 Å². The summed E-state index contributed by atoms with van der Waals surface area (Å²) in [5.74, 6) is -1.47. The molecule has 0 aliphatic rings. The summed E-state index contributed by atoms with van der Waals surface area (Å²) in [5, 5.41) is 9.46. The highest BCUT2D eigenvalue weighted by molar-refractivity contribution is 7.92. The van der Waals surface area contributed by atoms with Crippen LogP contribution in [0.2, 0.25) is 5.02 Å². The third kappa shape index (κ3) is 6.32. The van der Waals surface area contributed by atoms with Crippen LogP contribution in [0.4, 0.5) is 11.4 Å². The van der Waals surface area contributed by atoms with Gasteiger partial charge in [0.05, 0.1) is 16.5 Å². The number of hydrogen-bond acceptors (Lipinski definition) is 6. The minimum absolute atomic E-state index is 0.0478. The lowest BCUT2D eigenvalue weighted by molar-refractivity contribution is -0.121. The number of benzene rings is 3. The van der Waals surface area contributed by atoms with Crippen LogP contribution in [0.1, 0.15) is 10.4 Å². The molecule has 0 saturated heterocycles. The highest BCUT2D eigenvalue weighted by Gasteiger charge is 2.20. The van der Waals surface area contributed by atoms with E-state index in [1.165, 1.54) is 47.4 Å². The average molecular weight is 484 g/mol. The molecule has 168 valence electrons. The molecule has 0 unspecified atom stereocenters. The van der Waals surface area contributed by atoms with Gasteiger partial charge < -0.3 is 4.74 Å². The molecule has 3 aromatic carbocycles. The smallest absolute Gasteiger partial charge is 0.338 e. The maximum absolute atomic E-state index is 12.7. The fraction of sp³-hybridized carbons (Fsp3) is 0.0870. The fourth-order valence-corrected chi connectivity index (χ4v) is 4.04. The molecule has 33 heavy (non-hydrogen) atoms. The number of nitriles is 1. The number of esters is 1. The number of carbonyl (C=O) groups is 2. The molecule has 1 amide bonds. The zero-order valence-corrected chi connectivity index (χ0v) is 18.7. The van der Waals surface area contributed by atoms with Crippen LogP contribution in [0.15, 0.2) is 83.8 Å². The van der Waals surface area contributed by atoms with Gasteiger partial charge in [-0.15, -0.1) is 0 Å². The molecule has 0 aromatic heterocycles. The van der Waals surface area contributed by atoms with Crippen molar-refractivity contribution in [2.45, 2.75) is 4.90 Å². The van der Waals surface area contributed by atoms with Gasteiger partial charge in [0.1, 0.15) is 6.54 Å². The van der Waals surface area contributed by atoms with E-state index in [2.05, 4.69) is 4.72 Å². The predicted molar refractivity (Wildman–Crippen MR) is 123 cm³/mol. The first kappa shape index (κ1) is 23.8. The van der Waals surface area contributed by atoms with Crippen molar-refractivity contribution in [2.75, 3.05) is 22.8 Å². The molecule has 0 atom stereocenters. The zero-order valence-electron chi connectivity index (χ0n) is 17.1. The van der Waals surface area contributed by atoms with Gasteiger partial charge >= 0.3 is 5.97 Å². The number of anilines is 2. The number of halogens is 1. The van der Waals surface area contributed by atoms with E-state index in [0.717, 1.165) is 6.07 Å². The Hall–Kier alpha value is -3.87. The van der Waals surface area contributed by atoms with Gasteiger partial charge in [0.15, 0.2) is 6.61 Å². The van der Waals surface area contributed by atoms with Crippen LogP contribution >= 0.6 is 11.6 Å². The molecule has 1 N–H and O–H groups in total. The standard InChI is InChI=1S/C23H18ClN3O5S/c24-18-9-11-19(12-10-18)26-33(30,31)21-8-4-5-17(15-21)23(29)32-16-22(28)27(14-13-25)20-6-2-1-3-7-20/h1-12,15,26H,14,16H2. The molecule has 0 heterocycles. The van der Waals surface area contributed by atoms with Gasteiger partial charge in [-0.3, -0.25) is 14.4 Å². The van der Waals surface area contributed by atoms with Crippen molar-refractivity contribution in [1.82, 2.24) is 0 Å². The van der Waals surface area contributed by atoms with E-state index in [1.54, 1.807) is 30.3 Å². The number of ether oxygens (including phenoxy) is 1. The van der Waals surface area contributed by atoms with E-state index in [-0.39, 0.29) is 17.0 Å². The molecule has 0 aliphatic heterocycles. The highest BCUT2D eigenvalue weighted by atomic mass is 35.5. The molecule has 8 nitrogen and oxygen atoms in total. The molecule has 3 rings (SSSR count). The molecule has 3 aromatic rings. The first-order chi connectivity index (χ1) is 15.8. The SMILES string of the molecule is N#CCN(C(=O)COC(=O)c1cccc(S(=O)(=O)Nc2ccc(Cl)cc2)c1)c1ccccc1. The van der Waals surface area contributed by atoms with Gasteiger partial charge in [-0.05, 0) is 54.6 Å². The van der Waals surface area contributed by atoms with E-state index in [0.29, 0.717) is 16.4 Å². The van der Waals surface area contributed by atoms with Crippen molar-refractivity contribution in [3.63, 3.8) is 0 Å². The molecule has 0 radical (unpaired) electrons. The Labute approximate surface area is 196 Å². The summed E-state index contributed by atoms with van der Waals surface area (Å²) < 4.78 is 32.8. The van der Waals surface area contributed by atoms with Crippen LogP contribution in [-0.2, 0) is 19.6 Å². The van der Waals surface area contributed by atoms with Crippen LogP contribution in [0.25, 0.3) is 0 Å². The van der Waals surface area contributed by atoms with E-state index >= 15 is 0 Å². The Kier molecular flexibility index (Phi) is 7.66. The van der Waals surface area contributed by atoms with Crippen molar-refractivity contribution in [3.8, 4) is 6.07 Å². The number of nitrogens with zero attached hydrogens (tertiary/aromatic N) is 2. The topological polar surface area (TPSA) is 117 Å². The Morgan fingerprint density at radius 1 is 1.00 bits per heavy atom. The lowest BCUT2D eigenvalue weighted by Gasteiger charge is -2.19. The highest BCUT2D eigenvalue weighted by Crippen LogP contribution is 2.20. The first-order valence-corrected chi connectivity index (χ1v) is 11.4. The summed E-state index contributed by atoms with van der Waals surface area (Å²) in [7, 11) is -3.98. The van der Waals surface area contributed by atoms with E-state index in [9.17, 15) is 18.0 Å². The third-order valence-electron chi connectivity index (χ3n) is 4.40. The van der Waals surface area contributed by atoms with Crippen molar-refractivity contribution >= 4 is 44.9 Å². The average Bonchev–Trinajstić information content (AvgIpc) is 2.82. The van der Waals surface area contributed by atoms with Crippen LogP contribution in [0, 0.1) is 11.3 Å². The second-order valence-corrected chi connectivity index (χ2v) is 8.81. The summed E-state index contributed by atoms with van der Waals surface area (Å²) >= 11 is 5.81. The minimum atomic E-state index is -3.98. The monoisotopic (exact) mass is 483 g/mol. The Bertz CT molecular complexity index is 1290. The first-order valence-electron chi connectivity index (χ1n) is 9.58.